The summed E-state index contributed by atoms with van der Waals surface area (Å²) in [6.45, 7) is 2.89. The van der Waals surface area contributed by atoms with Gasteiger partial charge in [0.15, 0.2) is 3.77 Å². The predicted molar refractivity (Wildman–Crippen MR) is 70.1 cm³/mol. The maximum absolute atomic E-state index is 5.47. The van der Waals surface area contributed by atoms with Gasteiger partial charge in [-0.05, 0) is 53.8 Å². The van der Waals surface area contributed by atoms with Crippen molar-refractivity contribution in [2.75, 3.05) is 0 Å². The van der Waals surface area contributed by atoms with E-state index in [4.69, 9.17) is 8.83 Å². The number of hydrogen-bond acceptors (Lipinski definition) is 3. The average Bonchev–Trinajstić information content (AvgIpc) is 2.87. The maximum Gasteiger partial charge on any atom is 0.164 e. The van der Waals surface area contributed by atoms with Crippen molar-refractivity contribution >= 4 is 22.6 Å². The third-order valence-corrected chi connectivity index (χ3v) is 2.92. The van der Waals surface area contributed by atoms with Crippen molar-refractivity contribution in [2.24, 2.45) is 0 Å². The van der Waals surface area contributed by atoms with Crippen LogP contribution < -0.4 is 5.32 Å². The summed E-state index contributed by atoms with van der Waals surface area (Å²) in [7, 11) is 0. The molecule has 4 heteroatoms. The molecule has 0 radical (unpaired) electrons. The molecule has 3 nitrogen and oxygen atoms in total. The van der Waals surface area contributed by atoms with Crippen LogP contribution in [0.4, 0.5) is 0 Å². The lowest BCUT2D eigenvalue weighted by molar-refractivity contribution is 0.420. The second-order valence-electron chi connectivity index (χ2n) is 3.77. The average molecular weight is 331 g/mol. The Morgan fingerprint density at radius 2 is 2.19 bits per heavy atom. The number of halogens is 1. The van der Waals surface area contributed by atoms with Crippen molar-refractivity contribution in [1.29, 1.82) is 0 Å². The van der Waals surface area contributed by atoms with Gasteiger partial charge in [0.2, 0.25) is 0 Å². The Bertz CT molecular complexity index is 422. The molecule has 0 aliphatic heterocycles. The van der Waals surface area contributed by atoms with Crippen LogP contribution in [0.2, 0.25) is 0 Å². The second kappa shape index (κ2) is 5.54. The highest BCUT2D eigenvalue weighted by Crippen LogP contribution is 2.10. The van der Waals surface area contributed by atoms with Gasteiger partial charge >= 0.3 is 0 Å². The largest absolute Gasteiger partial charge is 0.469 e. The lowest BCUT2D eigenvalue weighted by Crippen LogP contribution is -2.27. The summed E-state index contributed by atoms with van der Waals surface area (Å²) in [5, 5.41) is 3.39. The highest BCUT2D eigenvalue weighted by Gasteiger charge is 2.06. The molecule has 0 aromatic carbocycles. The fourth-order valence-electron chi connectivity index (χ4n) is 1.52. The standard InChI is InChI=1S/C12H14INO2/c1-9(7-10-3-2-6-15-10)14-8-11-4-5-12(13)16-11/h2-6,9,14H,7-8H2,1H3. The molecule has 0 bridgehead atoms. The highest BCUT2D eigenvalue weighted by atomic mass is 127. The zero-order chi connectivity index (χ0) is 11.4. The zero-order valence-electron chi connectivity index (χ0n) is 9.07. The molecule has 0 saturated carbocycles. The van der Waals surface area contributed by atoms with Gasteiger partial charge in [0.1, 0.15) is 11.5 Å². The van der Waals surface area contributed by atoms with E-state index < -0.39 is 0 Å². The van der Waals surface area contributed by atoms with E-state index >= 15 is 0 Å². The third kappa shape index (κ3) is 3.38. The first-order valence-electron chi connectivity index (χ1n) is 5.24. The minimum Gasteiger partial charge on any atom is -0.469 e. The Morgan fingerprint density at radius 1 is 1.31 bits per heavy atom. The van der Waals surface area contributed by atoms with Crippen LogP contribution in [0, 0.1) is 3.77 Å². The Hall–Kier alpha value is -0.750. The zero-order valence-corrected chi connectivity index (χ0v) is 11.2. The topological polar surface area (TPSA) is 38.3 Å². The van der Waals surface area contributed by atoms with Gasteiger partial charge in [-0.3, -0.25) is 0 Å². The van der Waals surface area contributed by atoms with Crippen LogP contribution in [0.5, 0.6) is 0 Å². The van der Waals surface area contributed by atoms with E-state index in [1.165, 1.54) is 0 Å². The molecule has 0 aliphatic rings. The van der Waals surface area contributed by atoms with Gasteiger partial charge in [-0.2, -0.15) is 0 Å². The van der Waals surface area contributed by atoms with Gasteiger partial charge in [0.25, 0.3) is 0 Å². The van der Waals surface area contributed by atoms with E-state index in [0.717, 1.165) is 28.3 Å². The van der Waals surface area contributed by atoms with E-state index in [1.54, 1.807) is 6.26 Å². The summed E-state index contributed by atoms with van der Waals surface area (Å²) in [6, 6.07) is 8.24. The molecule has 1 unspecified atom stereocenters. The SMILES string of the molecule is CC(Cc1ccco1)NCc1ccc(I)o1. The highest BCUT2D eigenvalue weighted by molar-refractivity contribution is 14.1. The number of rotatable bonds is 5. The lowest BCUT2D eigenvalue weighted by atomic mass is 10.2. The van der Waals surface area contributed by atoms with Crippen molar-refractivity contribution in [3.8, 4) is 0 Å². The third-order valence-electron chi connectivity index (χ3n) is 2.34. The van der Waals surface area contributed by atoms with Crippen LogP contribution in [0.3, 0.4) is 0 Å². The maximum atomic E-state index is 5.47. The van der Waals surface area contributed by atoms with Gasteiger partial charge in [-0.25, -0.2) is 0 Å². The summed E-state index contributed by atoms with van der Waals surface area (Å²) in [5.74, 6) is 1.98. The lowest BCUT2D eigenvalue weighted by Gasteiger charge is -2.10. The summed E-state index contributed by atoms with van der Waals surface area (Å²) < 4.78 is 11.7. The van der Waals surface area contributed by atoms with E-state index in [2.05, 4.69) is 34.8 Å². The number of furan rings is 2. The van der Waals surface area contributed by atoms with Crippen LogP contribution in [0.1, 0.15) is 18.4 Å². The summed E-state index contributed by atoms with van der Waals surface area (Å²) >= 11 is 2.17. The molecular formula is C12H14INO2. The van der Waals surface area contributed by atoms with Crippen molar-refractivity contribution in [2.45, 2.75) is 25.9 Å². The fraction of sp³-hybridized carbons (Fsp3) is 0.333. The van der Waals surface area contributed by atoms with Crippen LogP contribution >= 0.6 is 22.6 Å². The molecule has 2 heterocycles. The minimum absolute atomic E-state index is 0.369. The van der Waals surface area contributed by atoms with Crippen LogP contribution in [0.15, 0.2) is 39.4 Å². The molecule has 2 rings (SSSR count). The molecule has 0 saturated heterocycles. The first-order valence-corrected chi connectivity index (χ1v) is 6.32. The van der Waals surface area contributed by atoms with Gasteiger partial charge < -0.3 is 14.2 Å². The summed E-state index contributed by atoms with van der Waals surface area (Å²) in [6.07, 6.45) is 2.60. The summed E-state index contributed by atoms with van der Waals surface area (Å²) in [4.78, 5) is 0. The minimum atomic E-state index is 0.369. The monoisotopic (exact) mass is 331 g/mol. The Labute approximate surface area is 108 Å². The van der Waals surface area contributed by atoms with Crippen LogP contribution in [-0.4, -0.2) is 6.04 Å². The summed E-state index contributed by atoms with van der Waals surface area (Å²) in [5.41, 5.74) is 0. The normalized spacial score (nSPS) is 12.9. The predicted octanol–water partition coefficient (Wildman–Crippen LogP) is 3.20. The molecule has 0 amide bonds. The van der Waals surface area contributed by atoms with Gasteiger partial charge in [0, 0.05) is 12.5 Å². The van der Waals surface area contributed by atoms with Crippen LogP contribution in [-0.2, 0) is 13.0 Å². The molecule has 0 fully saturated rings. The van der Waals surface area contributed by atoms with E-state index in [-0.39, 0.29) is 0 Å². The van der Waals surface area contributed by atoms with Crippen molar-refractivity contribution in [3.05, 3.63) is 45.8 Å². The quantitative estimate of drug-likeness (QED) is 0.855. The molecule has 86 valence electrons. The molecule has 0 aliphatic carbocycles. The molecule has 1 atom stereocenters. The fourth-order valence-corrected chi connectivity index (χ4v) is 1.99. The van der Waals surface area contributed by atoms with Gasteiger partial charge in [0.05, 0.1) is 12.8 Å². The Balaban J connectivity index is 1.77. The Kier molecular flexibility index (Phi) is 4.06. The second-order valence-corrected chi connectivity index (χ2v) is 4.83. The number of nitrogens with one attached hydrogen (secondary N) is 1. The molecule has 0 spiro atoms. The van der Waals surface area contributed by atoms with E-state index in [1.807, 2.05) is 24.3 Å². The first-order chi connectivity index (χ1) is 7.74. The molecule has 2 aromatic heterocycles. The van der Waals surface area contributed by atoms with E-state index in [9.17, 15) is 0 Å². The van der Waals surface area contributed by atoms with Gasteiger partial charge in [-0.1, -0.05) is 0 Å². The molecular weight excluding hydrogens is 317 g/mol. The number of hydrogen-bond donors (Lipinski definition) is 1. The van der Waals surface area contributed by atoms with Crippen molar-refractivity contribution < 1.29 is 8.83 Å². The van der Waals surface area contributed by atoms with E-state index in [0.29, 0.717) is 6.04 Å². The molecule has 16 heavy (non-hydrogen) atoms. The van der Waals surface area contributed by atoms with Crippen molar-refractivity contribution in [3.63, 3.8) is 0 Å². The smallest absolute Gasteiger partial charge is 0.164 e. The Morgan fingerprint density at radius 3 is 2.81 bits per heavy atom. The van der Waals surface area contributed by atoms with Gasteiger partial charge in [-0.15, -0.1) is 0 Å². The van der Waals surface area contributed by atoms with Crippen LogP contribution in [0.25, 0.3) is 0 Å². The molecule has 1 N–H and O–H groups in total. The first kappa shape index (κ1) is 11.7. The molecule has 2 aromatic rings. The van der Waals surface area contributed by atoms with Crippen molar-refractivity contribution in [1.82, 2.24) is 5.32 Å².